The summed E-state index contributed by atoms with van der Waals surface area (Å²) in [4.78, 5) is 99.9. The van der Waals surface area contributed by atoms with Crippen LogP contribution in [0.5, 0.6) is 0 Å². The van der Waals surface area contributed by atoms with Crippen LogP contribution < -0.4 is 37.6 Å². The van der Waals surface area contributed by atoms with Crippen molar-refractivity contribution in [2.45, 2.75) is 87.8 Å². The number of primary amides is 1. The summed E-state index contributed by atoms with van der Waals surface area (Å²) in [5.74, 6) is -8.65. The van der Waals surface area contributed by atoms with E-state index in [-0.39, 0.29) is 25.0 Å². The van der Waals surface area contributed by atoms with E-state index in [0.717, 1.165) is 6.42 Å². The maximum Gasteiger partial charge on any atom is 0.326 e. The van der Waals surface area contributed by atoms with Gasteiger partial charge in [-0.25, -0.2) is 4.79 Å². The van der Waals surface area contributed by atoms with Crippen molar-refractivity contribution in [3.63, 3.8) is 0 Å². The van der Waals surface area contributed by atoms with Gasteiger partial charge in [0, 0.05) is 18.6 Å². The van der Waals surface area contributed by atoms with E-state index in [2.05, 4.69) is 39.2 Å². The SMILES string of the molecule is C[C@@H](O)[C@H](NC(=O)[C@@H]1CCCN1)C(=O)N[C@@H](CCC(N)=O)C(=O)N[C@@H](Cc1ccccc1)C(=O)N[C@@H](CS)C(=O)N[C@@H](CC(=O)O)C(=O)O. The third kappa shape index (κ3) is 13.7. The van der Waals surface area contributed by atoms with Gasteiger partial charge >= 0.3 is 11.9 Å². The molecule has 2 rings (SSSR count). The van der Waals surface area contributed by atoms with Gasteiger partial charge in [-0.1, -0.05) is 30.3 Å². The third-order valence-corrected chi connectivity index (χ3v) is 7.84. The molecule has 18 nitrogen and oxygen atoms in total. The van der Waals surface area contributed by atoms with Crippen LogP contribution in [0.25, 0.3) is 0 Å². The van der Waals surface area contributed by atoms with Crippen molar-refractivity contribution in [1.29, 1.82) is 0 Å². The maximum atomic E-state index is 13.6. The van der Waals surface area contributed by atoms with Crippen LogP contribution in [-0.2, 0) is 44.8 Å². The normalized spacial score (nSPS) is 17.6. The van der Waals surface area contributed by atoms with Crippen molar-refractivity contribution in [2.24, 2.45) is 5.73 Å². The Hall–Kier alpha value is -4.75. The van der Waals surface area contributed by atoms with Gasteiger partial charge in [-0.2, -0.15) is 12.6 Å². The Bertz CT molecular complexity index is 1360. The number of nitrogens with two attached hydrogens (primary N) is 1. The summed E-state index contributed by atoms with van der Waals surface area (Å²) in [6.07, 6.45) is -1.88. The van der Waals surface area contributed by atoms with Gasteiger partial charge in [-0.05, 0) is 38.3 Å². The fraction of sp³-hybridized carbons (Fsp3) is 0.533. The highest BCUT2D eigenvalue weighted by molar-refractivity contribution is 7.80. The molecule has 0 aliphatic carbocycles. The molecular formula is C30H43N7O11S. The van der Waals surface area contributed by atoms with Gasteiger partial charge in [0.1, 0.15) is 30.2 Å². The molecule has 0 unspecified atom stereocenters. The van der Waals surface area contributed by atoms with Gasteiger partial charge in [0.05, 0.1) is 18.6 Å². The van der Waals surface area contributed by atoms with Crippen LogP contribution >= 0.6 is 12.6 Å². The van der Waals surface area contributed by atoms with E-state index in [4.69, 9.17) is 10.8 Å². The molecule has 0 spiro atoms. The molecule has 11 N–H and O–H groups in total. The van der Waals surface area contributed by atoms with E-state index < -0.39 is 96.2 Å². The molecule has 6 amide bonds. The Morgan fingerprint density at radius 2 is 1.43 bits per heavy atom. The van der Waals surface area contributed by atoms with Gasteiger partial charge in [-0.3, -0.25) is 33.6 Å². The first-order chi connectivity index (χ1) is 23.1. The van der Waals surface area contributed by atoms with Crippen LogP contribution in [0, 0.1) is 0 Å². The predicted octanol–water partition coefficient (Wildman–Crippen LogP) is -3.46. The number of amides is 6. The van der Waals surface area contributed by atoms with E-state index in [1.807, 2.05) is 5.32 Å². The standard InChI is InChI=1S/C30H43N7O11S/c1-15(38)24(37-25(42)17-8-5-11-32-17)29(46)33-18(9-10-22(31)39)26(43)34-19(12-16-6-3-2-4-7-16)27(44)36-21(14-49)28(45)35-20(30(47)48)13-23(40)41/h2-4,6-7,15,17-21,24,32,38,49H,5,8-14H2,1H3,(H2,31,39)(H,33,46)(H,34,43)(H,35,45)(H,36,44)(H,37,42)(H,40,41)(H,47,48)/t15-,17+,18+,19+,20+,21+,24+/m1/s1. The zero-order valence-corrected chi connectivity index (χ0v) is 27.6. The van der Waals surface area contributed by atoms with Crippen molar-refractivity contribution in [3.05, 3.63) is 35.9 Å². The summed E-state index contributed by atoms with van der Waals surface area (Å²) in [5.41, 5.74) is 5.85. The number of aliphatic carboxylic acids is 2. The third-order valence-electron chi connectivity index (χ3n) is 7.48. The van der Waals surface area contributed by atoms with Crippen molar-refractivity contribution in [2.75, 3.05) is 12.3 Å². The number of aliphatic hydroxyl groups is 1. The van der Waals surface area contributed by atoms with Crippen LogP contribution in [0.1, 0.15) is 44.6 Å². The first kappa shape index (κ1) is 40.4. The average Bonchev–Trinajstić information content (AvgIpc) is 3.58. The molecule has 1 aromatic rings. The smallest absolute Gasteiger partial charge is 0.326 e. The molecule has 270 valence electrons. The Morgan fingerprint density at radius 1 is 0.857 bits per heavy atom. The number of rotatable bonds is 20. The van der Waals surface area contributed by atoms with E-state index in [0.29, 0.717) is 18.5 Å². The number of aliphatic hydroxyl groups excluding tert-OH is 1. The number of thiol groups is 1. The number of hydrogen-bond acceptors (Lipinski definition) is 11. The molecule has 1 aliphatic rings. The summed E-state index contributed by atoms with van der Waals surface area (Å²) in [6, 6.07) is 0.156. The molecule has 0 saturated carbocycles. The fourth-order valence-corrected chi connectivity index (χ4v) is 5.09. The lowest BCUT2D eigenvalue weighted by atomic mass is 10.0. The number of benzene rings is 1. The van der Waals surface area contributed by atoms with Crippen LogP contribution in [0.15, 0.2) is 30.3 Å². The maximum absolute atomic E-state index is 13.6. The second-order valence-corrected chi connectivity index (χ2v) is 11.8. The molecule has 1 fully saturated rings. The minimum Gasteiger partial charge on any atom is -0.481 e. The van der Waals surface area contributed by atoms with E-state index in [1.54, 1.807) is 30.3 Å². The molecule has 1 heterocycles. The number of carboxylic acids is 2. The zero-order chi connectivity index (χ0) is 36.7. The topological polar surface area (TPSA) is 295 Å². The second kappa shape index (κ2) is 19.9. The minimum absolute atomic E-state index is 0.132. The summed E-state index contributed by atoms with van der Waals surface area (Å²) in [6.45, 7) is 1.86. The summed E-state index contributed by atoms with van der Waals surface area (Å²) in [5, 5.41) is 43.3. The van der Waals surface area contributed by atoms with Crippen molar-refractivity contribution in [3.8, 4) is 0 Å². The molecule has 49 heavy (non-hydrogen) atoms. The van der Waals surface area contributed by atoms with Gasteiger partial charge in [0.25, 0.3) is 0 Å². The van der Waals surface area contributed by atoms with Crippen LogP contribution in [0.3, 0.4) is 0 Å². The van der Waals surface area contributed by atoms with Crippen LogP contribution in [0.2, 0.25) is 0 Å². The van der Waals surface area contributed by atoms with Crippen LogP contribution in [-0.4, -0.2) is 117 Å². The van der Waals surface area contributed by atoms with Gasteiger partial charge in [0.2, 0.25) is 35.4 Å². The molecule has 1 aliphatic heterocycles. The molecule has 1 saturated heterocycles. The quantitative estimate of drug-likeness (QED) is 0.0589. The van der Waals surface area contributed by atoms with Crippen molar-refractivity contribution < 1.29 is 53.7 Å². The summed E-state index contributed by atoms with van der Waals surface area (Å²) < 4.78 is 0. The average molecular weight is 710 g/mol. The Labute approximate surface area is 287 Å². The van der Waals surface area contributed by atoms with Gasteiger partial charge < -0.3 is 53.0 Å². The number of carboxylic acid groups (broad SMARTS) is 2. The monoisotopic (exact) mass is 709 g/mol. The molecular weight excluding hydrogens is 666 g/mol. The highest BCUT2D eigenvalue weighted by atomic mass is 32.1. The molecule has 19 heteroatoms. The highest BCUT2D eigenvalue weighted by Gasteiger charge is 2.35. The second-order valence-electron chi connectivity index (χ2n) is 11.4. The van der Waals surface area contributed by atoms with E-state index >= 15 is 0 Å². The van der Waals surface area contributed by atoms with Crippen molar-refractivity contribution >= 4 is 60.0 Å². The Kier molecular flexibility index (Phi) is 16.4. The number of carbonyl (C=O) groups excluding carboxylic acids is 6. The van der Waals surface area contributed by atoms with Crippen molar-refractivity contribution in [1.82, 2.24) is 31.9 Å². The lowest BCUT2D eigenvalue weighted by Crippen LogP contribution is -2.61. The fourth-order valence-electron chi connectivity index (χ4n) is 4.83. The van der Waals surface area contributed by atoms with E-state index in [1.165, 1.54) is 6.92 Å². The molecule has 0 radical (unpaired) electrons. The lowest BCUT2D eigenvalue weighted by Gasteiger charge is -2.27. The lowest BCUT2D eigenvalue weighted by molar-refractivity contribution is -0.147. The minimum atomic E-state index is -1.80. The number of nitrogens with one attached hydrogen (secondary N) is 6. The predicted molar refractivity (Wildman–Crippen MR) is 175 cm³/mol. The first-order valence-corrected chi connectivity index (χ1v) is 16.1. The van der Waals surface area contributed by atoms with Gasteiger partial charge in [-0.15, -0.1) is 0 Å². The molecule has 0 bridgehead atoms. The zero-order valence-electron chi connectivity index (χ0n) is 26.7. The van der Waals surface area contributed by atoms with E-state index in [9.17, 15) is 48.6 Å². The summed E-state index contributed by atoms with van der Waals surface area (Å²) >= 11 is 4.04. The molecule has 1 aromatic carbocycles. The van der Waals surface area contributed by atoms with Crippen LogP contribution in [0.4, 0.5) is 0 Å². The van der Waals surface area contributed by atoms with Gasteiger partial charge in [0.15, 0.2) is 0 Å². The highest BCUT2D eigenvalue weighted by Crippen LogP contribution is 2.09. The number of hydrogen-bond donors (Lipinski definition) is 11. The largest absolute Gasteiger partial charge is 0.481 e. The molecule has 0 aromatic heterocycles. The Morgan fingerprint density at radius 3 is 1.96 bits per heavy atom. The first-order valence-electron chi connectivity index (χ1n) is 15.4. The summed E-state index contributed by atoms with van der Waals surface area (Å²) in [7, 11) is 0. The number of carbonyl (C=O) groups is 8. The molecule has 7 atom stereocenters. The Balaban J connectivity index is 2.28.